The summed E-state index contributed by atoms with van der Waals surface area (Å²) in [5.41, 5.74) is 0.259. The van der Waals surface area contributed by atoms with Crippen molar-refractivity contribution >= 4 is 57.8 Å². The number of alkyl halides is 3. The lowest BCUT2D eigenvalue weighted by Crippen LogP contribution is -2.19. The van der Waals surface area contributed by atoms with E-state index in [0.717, 1.165) is 29.5 Å². The monoisotopic (exact) mass is 522 g/mol. The topological polar surface area (TPSA) is 50.7 Å². The number of rotatable bonds is 5. The van der Waals surface area contributed by atoms with Crippen LogP contribution in [-0.4, -0.2) is 11.1 Å². The van der Waals surface area contributed by atoms with Gasteiger partial charge in [-0.2, -0.15) is 13.2 Å². The van der Waals surface area contributed by atoms with Crippen LogP contribution >= 0.6 is 35.0 Å². The first-order valence-corrected chi connectivity index (χ1v) is 11.4. The van der Waals surface area contributed by atoms with E-state index in [-0.39, 0.29) is 15.9 Å². The maximum Gasteiger partial charge on any atom is 0.418 e. The van der Waals surface area contributed by atoms with Gasteiger partial charge in [-0.3, -0.25) is 4.79 Å². The number of carbonyl (C=O) groups excluding carboxylic acids is 1. The zero-order chi connectivity index (χ0) is 24.3. The quantitative estimate of drug-likeness (QED) is 0.353. The normalized spacial score (nSPS) is 16.2. The summed E-state index contributed by atoms with van der Waals surface area (Å²) in [5.74, 6) is 0.167. The standard InChI is InChI=1S/C24H15Cl2F3N2O2S/c25-16-7-10-20(18(12-16)24(27,28)29)30-23-31-22(32)21(34-23)11-14-5-8-17(9-6-14)33-13-15-3-1-2-4-19(15)26/h1-12H,13H2,(H,30,31,32). The van der Waals surface area contributed by atoms with Gasteiger partial charge in [0.25, 0.3) is 5.91 Å². The molecular weight excluding hydrogens is 508 g/mol. The summed E-state index contributed by atoms with van der Waals surface area (Å²) in [5, 5.41) is 3.10. The predicted octanol–water partition coefficient (Wildman–Crippen LogP) is 7.48. The third-order valence-electron chi connectivity index (χ3n) is 4.67. The lowest BCUT2D eigenvalue weighted by atomic mass is 10.2. The molecule has 3 aromatic carbocycles. The Balaban J connectivity index is 1.47. The second kappa shape index (κ2) is 10.1. The van der Waals surface area contributed by atoms with Gasteiger partial charge in [-0.15, -0.1) is 0 Å². The van der Waals surface area contributed by atoms with Crippen LogP contribution in [0.15, 0.2) is 76.6 Å². The van der Waals surface area contributed by atoms with Crippen LogP contribution in [0, 0.1) is 0 Å². The first-order valence-electron chi connectivity index (χ1n) is 9.81. The van der Waals surface area contributed by atoms with E-state index in [9.17, 15) is 18.0 Å². The largest absolute Gasteiger partial charge is 0.489 e. The molecule has 1 aliphatic rings. The summed E-state index contributed by atoms with van der Waals surface area (Å²) in [7, 11) is 0. The van der Waals surface area contributed by atoms with E-state index in [2.05, 4.69) is 10.3 Å². The van der Waals surface area contributed by atoms with E-state index in [1.54, 1.807) is 36.4 Å². The number of benzene rings is 3. The van der Waals surface area contributed by atoms with Crippen LogP contribution in [0.5, 0.6) is 5.75 Å². The SMILES string of the molecule is O=C1NC(=Nc2ccc(Cl)cc2C(F)(F)F)SC1=Cc1ccc(OCc2ccccc2Cl)cc1. The summed E-state index contributed by atoms with van der Waals surface area (Å²) in [6, 6.07) is 17.7. The van der Waals surface area contributed by atoms with Crippen molar-refractivity contribution in [1.82, 2.24) is 5.32 Å². The van der Waals surface area contributed by atoms with Crippen LogP contribution in [0.3, 0.4) is 0 Å². The summed E-state index contributed by atoms with van der Waals surface area (Å²) < 4.78 is 45.6. The van der Waals surface area contributed by atoms with Gasteiger partial charge in [-0.1, -0.05) is 53.5 Å². The lowest BCUT2D eigenvalue weighted by Gasteiger charge is -2.10. The average molecular weight is 523 g/mol. The molecule has 1 N–H and O–H groups in total. The summed E-state index contributed by atoms with van der Waals surface area (Å²) in [4.78, 5) is 16.6. The van der Waals surface area contributed by atoms with Gasteiger partial charge in [-0.05, 0) is 59.8 Å². The van der Waals surface area contributed by atoms with Crippen LogP contribution in [0.2, 0.25) is 10.0 Å². The minimum Gasteiger partial charge on any atom is -0.489 e. The van der Waals surface area contributed by atoms with E-state index in [1.807, 2.05) is 18.2 Å². The third kappa shape index (κ3) is 5.94. The molecule has 0 spiro atoms. The van der Waals surface area contributed by atoms with Gasteiger partial charge in [0.1, 0.15) is 12.4 Å². The minimum atomic E-state index is -4.63. The predicted molar refractivity (Wildman–Crippen MR) is 129 cm³/mol. The van der Waals surface area contributed by atoms with Crippen LogP contribution in [0.4, 0.5) is 18.9 Å². The van der Waals surface area contributed by atoms with Gasteiger partial charge in [0, 0.05) is 15.6 Å². The fourth-order valence-electron chi connectivity index (χ4n) is 3.01. The van der Waals surface area contributed by atoms with Crippen LogP contribution in [0.1, 0.15) is 16.7 Å². The van der Waals surface area contributed by atoms with Crippen molar-refractivity contribution in [1.29, 1.82) is 0 Å². The van der Waals surface area contributed by atoms with Gasteiger partial charge < -0.3 is 10.1 Å². The number of hydrogen-bond acceptors (Lipinski definition) is 4. The van der Waals surface area contributed by atoms with Gasteiger partial charge >= 0.3 is 6.18 Å². The number of amides is 1. The first kappa shape index (κ1) is 24.2. The molecule has 1 heterocycles. The number of aliphatic imine (C=N–C) groups is 1. The molecule has 1 saturated heterocycles. The maximum atomic E-state index is 13.3. The molecular formula is C24H15Cl2F3N2O2S. The molecule has 34 heavy (non-hydrogen) atoms. The number of hydrogen-bond donors (Lipinski definition) is 1. The molecule has 174 valence electrons. The summed E-state index contributed by atoms with van der Waals surface area (Å²) in [6.45, 7) is 0.308. The Kier molecular flexibility index (Phi) is 7.21. The van der Waals surface area contributed by atoms with E-state index in [0.29, 0.717) is 27.8 Å². The molecule has 0 unspecified atom stereocenters. The van der Waals surface area contributed by atoms with Crippen molar-refractivity contribution in [3.8, 4) is 5.75 Å². The molecule has 10 heteroatoms. The minimum absolute atomic E-state index is 0.0452. The zero-order valence-electron chi connectivity index (χ0n) is 17.2. The molecule has 0 saturated carbocycles. The highest BCUT2D eigenvalue weighted by Gasteiger charge is 2.34. The lowest BCUT2D eigenvalue weighted by molar-refractivity contribution is -0.137. The zero-order valence-corrected chi connectivity index (χ0v) is 19.5. The number of thioether (sulfide) groups is 1. The van der Waals surface area contributed by atoms with Gasteiger partial charge in [0.2, 0.25) is 0 Å². The Morgan fingerprint density at radius 2 is 1.76 bits per heavy atom. The van der Waals surface area contributed by atoms with E-state index in [1.165, 1.54) is 6.07 Å². The summed E-state index contributed by atoms with van der Waals surface area (Å²) >= 11 is 12.8. The van der Waals surface area contributed by atoms with Crippen molar-refractivity contribution in [2.24, 2.45) is 4.99 Å². The molecule has 4 nitrogen and oxygen atoms in total. The smallest absolute Gasteiger partial charge is 0.418 e. The molecule has 0 bridgehead atoms. The molecule has 0 radical (unpaired) electrons. The second-order valence-corrected chi connectivity index (χ2v) is 8.96. The molecule has 4 rings (SSSR count). The van der Waals surface area contributed by atoms with E-state index in [4.69, 9.17) is 27.9 Å². The number of halogens is 5. The number of amidine groups is 1. The van der Waals surface area contributed by atoms with Crippen molar-refractivity contribution in [3.63, 3.8) is 0 Å². The second-order valence-electron chi connectivity index (χ2n) is 7.09. The fourth-order valence-corrected chi connectivity index (χ4v) is 4.21. The molecule has 0 atom stereocenters. The number of nitrogens with one attached hydrogen (secondary N) is 1. The van der Waals surface area contributed by atoms with Gasteiger partial charge in [0.05, 0.1) is 16.2 Å². The molecule has 3 aromatic rings. The Labute approximate surface area is 207 Å². The molecule has 0 aromatic heterocycles. The van der Waals surface area contributed by atoms with Crippen LogP contribution in [0.25, 0.3) is 6.08 Å². The van der Waals surface area contributed by atoms with E-state index < -0.39 is 17.6 Å². The van der Waals surface area contributed by atoms with Crippen molar-refractivity contribution < 1.29 is 22.7 Å². The number of nitrogens with zero attached hydrogens (tertiary/aromatic N) is 1. The Bertz CT molecular complexity index is 1290. The van der Waals surface area contributed by atoms with Gasteiger partial charge in [0.15, 0.2) is 5.17 Å². The highest BCUT2D eigenvalue weighted by Crippen LogP contribution is 2.39. The Morgan fingerprint density at radius 1 is 1.03 bits per heavy atom. The van der Waals surface area contributed by atoms with Crippen molar-refractivity contribution in [2.75, 3.05) is 0 Å². The average Bonchev–Trinajstić information content (AvgIpc) is 3.13. The third-order valence-corrected chi connectivity index (χ3v) is 6.18. The Hall–Kier alpha value is -2.94. The first-order chi connectivity index (χ1) is 16.2. The highest BCUT2D eigenvalue weighted by molar-refractivity contribution is 8.18. The molecule has 0 aliphatic carbocycles. The molecule has 1 aliphatic heterocycles. The number of ether oxygens (including phenoxy) is 1. The number of carbonyl (C=O) groups is 1. The molecule has 1 fully saturated rings. The Morgan fingerprint density at radius 3 is 2.47 bits per heavy atom. The van der Waals surface area contributed by atoms with E-state index >= 15 is 0 Å². The summed E-state index contributed by atoms with van der Waals surface area (Å²) in [6.07, 6.45) is -3.02. The van der Waals surface area contributed by atoms with Crippen LogP contribution in [-0.2, 0) is 17.6 Å². The van der Waals surface area contributed by atoms with Crippen molar-refractivity contribution in [2.45, 2.75) is 12.8 Å². The molecule has 1 amide bonds. The highest BCUT2D eigenvalue weighted by atomic mass is 35.5. The fraction of sp³-hybridized carbons (Fsp3) is 0.0833. The van der Waals surface area contributed by atoms with Gasteiger partial charge in [-0.25, -0.2) is 4.99 Å². The van der Waals surface area contributed by atoms with Crippen molar-refractivity contribution in [3.05, 3.63) is 98.4 Å². The maximum absolute atomic E-state index is 13.3. The van der Waals surface area contributed by atoms with Crippen LogP contribution < -0.4 is 10.1 Å².